The summed E-state index contributed by atoms with van der Waals surface area (Å²) in [4.78, 5) is 39.8. The number of fused-ring (bicyclic) bond motifs is 1. The van der Waals surface area contributed by atoms with E-state index in [1.165, 1.54) is 10.9 Å². The van der Waals surface area contributed by atoms with E-state index >= 15 is 0 Å². The van der Waals surface area contributed by atoms with E-state index in [0.717, 1.165) is 36.8 Å². The molecule has 0 radical (unpaired) electrons. The Morgan fingerprint density at radius 2 is 1.63 bits per heavy atom. The van der Waals surface area contributed by atoms with Gasteiger partial charge in [-0.25, -0.2) is 15.0 Å². The first kappa shape index (κ1) is 31.5. The molecule has 2 aromatic heterocycles. The molecule has 3 heterocycles. The van der Waals surface area contributed by atoms with Crippen LogP contribution in [0.4, 0.5) is 5.82 Å². The largest absolute Gasteiger partial charge is 0.387 e. The molecule has 1 saturated heterocycles. The number of aliphatic hydroxyl groups excluding tert-OH is 2. The van der Waals surface area contributed by atoms with Gasteiger partial charge in [-0.3, -0.25) is 14.2 Å². The standard InChI is InChI=1S/C33H40N8O5/c1-2-35-31(44)27-25(42)26(43)33(46-27)41-18-37-24-28(36-17-23(19-9-5-3-6-10-19)20-11-7-4-8-12-20)39-29(40-30(24)41)32(45)38-22-15-13-21(34)14-16-22/h3-12,18,21-23,25-27,33,42-43H,2,13-17,34H2,1H3,(H,35,44)(H,38,45)(H,36,39,40)/t21?,22?,25-,26+,27-,33+/m0/s1. The summed E-state index contributed by atoms with van der Waals surface area (Å²) in [5, 5.41) is 30.7. The summed E-state index contributed by atoms with van der Waals surface area (Å²) in [7, 11) is 0. The van der Waals surface area contributed by atoms with Crippen molar-refractivity contribution in [3.63, 3.8) is 0 Å². The fourth-order valence-electron chi connectivity index (χ4n) is 6.22. The summed E-state index contributed by atoms with van der Waals surface area (Å²) in [6.45, 7) is 2.51. The zero-order valence-electron chi connectivity index (χ0n) is 25.6. The number of carbonyl (C=O) groups excluding carboxylic acids is 2. The molecular weight excluding hydrogens is 588 g/mol. The second-order valence-electron chi connectivity index (χ2n) is 11.9. The third-order valence-electron chi connectivity index (χ3n) is 8.73. The summed E-state index contributed by atoms with van der Waals surface area (Å²) in [6, 6.07) is 20.2. The number of nitrogens with zero attached hydrogens (tertiary/aromatic N) is 4. The van der Waals surface area contributed by atoms with Crippen LogP contribution in [0.15, 0.2) is 67.0 Å². The van der Waals surface area contributed by atoms with Crippen LogP contribution in [0.1, 0.15) is 66.5 Å². The van der Waals surface area contributed by atoms with Gasteiger partial charge in [-0.05, 0) is 43.7 Å². The molecule has 2 aromatic carbocycles. The molecule has 2 amide bonds. The van der Waals surface area contributed by atoms with E-state index < -0.39 is 36.4 Å². The average Bonchev–Trinajstić information content (AvgIpc) is 3.63. The van der Waals surface area contributed by atoms with Gasteiger partial charge in [0.15, 0.2) is 29.3 Å². The summed E-state index contributed by atoms with van der Waals surface area (Å²) in [6.07, 6.45) is -0.867. The Balaban J connectivity index is 1.35. The minimum Gasteiger partial charge on any atom is -0.387 e. The molecule has 46 heavy (non-hydrogen) atoms. The number of benzene rings is 2. The van der Waals surface area contributed by atoms with Gasteiger partial charge in [0, 0.05) is 31.1 Å². The minimum atomic E-state index is -1.48. The van der Waals surface area contributed by atoms with Crippen molar-refractivity contribution >= 4 is 28.8 Å². The lowest BCUT2D eigenvalue weighted by atomic mass is 9.91. The SMILES string of the molecule is CCNC(=O)[C@H]1O[C@@H](n2cnc3c(NCC(c4ccccc4)c4ccccc4)nc(C(=O)NC4CCC(N)CC4)nc32)[C@H](O)[C@@H]1O. The van der Waals surface area contributed by atoms with Crippen LogP contribution in [0.25, 0.3) is 11.2 Å². The maximum Gasteiger partial charge on any atom is 0.289 e. The molecule has 0 spiro atoms. The zero-order chi connectivity index (χ0) is 32.2. The Hall–Kier alpha value is -4.43. The number of hydrogen-bond donors (Lipinski definition) is 6. The first-order chi connectivity index (χ1) is 22.3. The number of hydrogen-bond acceptors (Lipinski definition) is 10. The van der Waals surface area contributed by atoms with Gasteiger partial charge >= 0.3 is 0 Å². The van der Waals surface area contributed by atoms with Gasteiger partial charge in [0.1, 0.15) is 12.2 Å². The van der Waals surface area contributed by atoms with Gasteiger partial charge in [-0.15, -0.1) is 0 Å². The van der Waals surface area contributed by atoms with Gasteiger partial charge in [0.25, 0.3) is 11.8 Å². The van der Waals surface area contributed by atoms with Crippen molar-refractivity contribution in [1.82, 2.24) is 30.2 Å². The maximum atomic E-state index is 13.6. The molecule has 4 aromatic rings. The van der Waals surface area contributed by atoms with Crippen LogP contribution in [-0.4, -0.2) is 85.0 Å². The normalized spacial score (nSPS) is 24.6. The number of aliphatic hydroxyl groups is 2. The fraction of sp³-hybridized carbons (Fsp3) is 0.424. The molecule has 1 aliphatic carbocycles. The monoisotopic (exact) mass is 628 g/mol. The number of carbonyl (C=O) groups is 2. The molecular formula is C33H40N8O5. The topological polar surface area (TPSA) is 190 Å². The highest BCUT2D eigenvalue weighted by atomic mass is 16.6. The molecule has 6 rings (SSSR count). The van der Waals surface area contributed by atoms with E-state index in [0.29, 0.717) is 24.4 Å². The number of nitrogens with two attached hydrogens (primary N) is 1. The van der Waals surface area contributed by atoms with Gasteiger partial charge in [0.05, 0.1) is 6.33 Å². The van der Waals surface area contributed by atoms with E-state index in [-0.39, 0.29) is 29.5 Å². The number of aromatic nitrogens is 4. The number of rotatable bonds is 10. The Bertz CT molecular complexity index is 1600. The number of imidazole rings is 1. The molecule has 2 fully saturated rings. The van der Waals surface area contributed by atoms with Gasteiger partial charge in [0.2, 0.25) is 5.82 Å². The van der Waals surface area contributed by atoms with Crippen molar-refractivity contribution < 1.29 is 24.5 Å². The first-order valence-electron chi connectivity index (χ1n) is 15.8. The van der Waals surface area contributed by atoms with Gasteiger partial charge in [-0.1, -0.05) is 60.7 Å². The molecule has 13 nitrogen and oxygen atoms in total. The van der Waals surface area contributed by atoms with Crippen molar-refractivity contribution in [3.8, 4) is 0 Å². The molecule has 0 bridgehead atoms. The Labute approximate surface area is 266 Å². The summed E-state index contributed by atoms with van der Waals surface area (Å²) in [5.41, 5.74) is 8.80. The second kappa shape index (κ2) is 13.9. The Morgan fingerprint density at radius 3 is 2.26 bits per heavy atom. The smallest absolute Gasteiger partial charge is 0.289 e. The van der Waals surface area contributed by atoms with E-state index in [1.807, 2.05) is 36.4 Å². The quantitative estimate of drug-likeness (QED) is 0.151. The molecule has 13 heteroatoms. The van der Waals surface area contributed by atoms with Crippen LogP contribution in [0, 0.1) is 0 Å². The van der Waals surface area contributed by atoms with Crippen LogP contribution in [0.5, 0.6) is 0 Å². The summed E-state index contributed by atoms with van der Waals surface area (Å²) < 4.78 is 7.28. The molecule has 1 saturated carbocycles. The lowest BCUT2D eigenvalue weighted by Crippen LogP contribution is -2.42. The van der Waals surface area contributed by atoms with E-state index in [4.69, 9.17) is 10.5 Å². The maximum absolute atomic E-state index is 13.6. The van der Waals surface area contributed by atoms with Crippen LogP contribution >= 0.6 is 0 Å². The lowest BCUT2D eigenvalue weighted by Gasteiger charge is -2.26. The average molecular weight is 629 g/mol. The van der Waals surface area contributed by atoms with Gasteiger partial charge < -0.3 is 36.6 Å². The van der Waals surface area contributed by atoms with Crippen LogP contribution < -0.4 is 21.7 Å². The Kier molecular flexibility index (Phi) is 9.54. The molecule has 7 N–H and O–H groups in total. The number of amides is 2. The third-order valence-corrected chi connectivity index (χ3v) is 8.73. The highest BCUT2D eigenvalue weighted by molar-refractivity contribution is 5.94. The predicted molar refractivity (Wildman–Crippen MR) is 171 cm³/mol. The minimum absolute atomic E-state index is 0.0498. The summed E-state index contributed by atoms with van der Waals surface area (Å²) in [5.74, 6) is -0.807. The van der Waals surface area contributed by atoms with E-state index in [9.17, 15) is 19.8 Å². The van der Waals surface area contributed by atoms with Crippen molar-refractivity contribution in [2.45, 2.75) is 75.1 Å². The van der Waals surface area contributed by atoms with Crippen molar-refractivity contribution in [3.05, 3.63) is 83.9 Å². The number of anilines is 1. The lowest BCUT2D eigenvalue weighted by molar-refractivity contribution is -0.137. The summed E-state index contributed by atoms with van der Waals surface area (Å²) >= 11 is 0. The Morgan fingerprint density at radius 1 is 0.978 bits per heavy atom. The van der Waals surface area contributed by atoms with Crippen LogP contribution in [-0.2, 0) is 9.53 Å². The molecule has 1 aliphatic heterocycles. The molecule has 2 aliphatic rings. The molecule has 242 valence electrons. The highest BCUT2D eigenvalue weighted by Crippen LogP contribution is 2.33. The van der Waals surface area contributed by atoms with Crippen molar-refractivity contribution in [1.29, 1.82) is 0 Å². The van der Waals surface area contributed by atoms with E-state index in [2.05, 4.69) is 55.2 Å². The zero-order valence-corrected chi connectivity index (χ0v) is 25.6. The van der Waals surface area contributed by atoms with Crippen molar-refractivity contribution in [2.75, 3.05) is 18.4 Å². The number of likely N-dealkylation sites (N-methyl/N-ethyl adjacent to an activating group) is 1. The highest BCUT2D eigenvalue weighted by Gasteiger charge is 2.47. The van der Waals surface area contributed by atoms with E-state index in [1.54, 1.807) is 6.92 Å². The molecule has 0 unspecified atom stereocenters. The van der Waals surface area contributed by atoms with Gasteiger partial charge in [-0.2, -0.15) is 0 Å². The fourth-order valence-corrected chi connectivity index (χ4v) is 6.22. The number of nitrogens with one attached hydrogen (secondary N) is 3. The molecule has 4 atom stereocenters. The second-order valence-corrected chi connectivity index (χ2v) is 11.9. The number of ether oxygens (including phenoxy) is 1. The predicted octanol–water partition coefficient (Wildman–Crippen LogP) is 1.83. The van der Waals surface area contributed by atoms with Crippen molar-refractivity contribution in [2.24, 2.45) is 5.73 Å². The first-order valence-corrected chi connectivity index (χ1v) is 15.8. The van der Waals surface area contributed by atoms with Crippen LogP contribution in [0.3, 0.4) is 0 Å². The third kappa shape index (κ3) is 6.58. The van der Waals surface area contributed by atoms with Crippen LogP contribution in [0.2, 0.25) is 0 Å².